The van der Waals surface area contributed by atoms with Crippen molar-refractivity contribution in [3.05, 3.63) is 75.6 Å². The first-order chi connectivity index (χ1) is 12.5. The fourth-order valence-corrected chi connectivity index (χ4v) is 2.76. The van der Waals surface area contributed by atoms with Crippen LogP contribution in [0.1, 0.15) is 22.6 Å². The third-order valence-corrected chi connectivity index (χ3v) is 4.51. The number of hydrogen-bond donors (Lipinski definition) is 1. The summed E-state index contributed by atoms with van der Waals surface area (Å²) in [6, 6.07) is 15.0. The number of carbonyl (C=O) groups is 1. The zero-order chi connectivity index (χ0) is 18.5. The maximum atomic E-state index is 12.1. The third-order valence-electron chi connectivity index (χ3n) is 3.98. The average molecular weight is 415 g/mol. The molecule has 0 spiro atoms. The zero-order valence-electron chi connectivity index (χ0n) is 14.6. The molecule has 5 nitrogen and oxygen atoms in total. The standard InChI is InChI=1S/C20H19BrN2O3/c1-13-19(14(2)26-23-13)12-25-18-9-3-15(4-10-18)11-20(24)22-17-7-5-16(21)6-8-17/h3-10H,11-12H2,1-2H3,(H,22,24). The van der Waals surface area contributed by atoms with E-state index in [9.17, 15) is 4.79 Å². The van der Waals surface area contributed by atoms with Gasteiger partial charge in [-0.2, -0.15) is 0 Å². The van der Waals surface area contributed by atoms with Crippen molar-refractivity contribution >= 4 is 27.5 Å². The van der Waals surface area contributed by atoms with Crippen molar-refractivity contribution in [3.63, 3.8) is 0 Å². The Morgan fingerprint density at radius 3 is 2.42 bits per heavy atom. The van der Waals surface area contributed by atoms with Crippen molar-refractivity contribution in [1.29, 1.82) is 0 Å². The Bertz CT molecular complexity index is 867. The van der Waals surface area contributed by atoms with Gasteiger partial charge in [-0.05, 0) is 55.8 Å². The molecular formula is C20H19BrN2O3. The lowest BCUT2D eigenvalue weighted by Gasteiger charge is -2.08. The molecule has 0 unspecified atom stereocenters. The van der Waals surface area contributed by atoms with Crippen LogP contribution < -0.4 is 10.1 Å². The normalized spacial score (nSPS) is 10.6. The van der Waals surface area contributed by atoms with Gasteiger partial charge >= 0.3 is 0 Å². The van der Waals surface area contributed by atoms with Crippen LogP contribution in [-0.2, 0) is 17.8 Å². The number of carbonyl (C=O) groups excluding carboxylic acids is 1. The summed E-state index contributed by atoms with van der Waals surface area (Å²) < 4.78 is 11.9. The van der Waals surface area contributed by atoms with E-state index in [0.717, 1.165) is 38.5 Å². The maximum absolute atomic E-state index is 12.1. The molecule has 0 aliphatic carbocycles. The number of nitrogens with one attached hydrogen (secondary N) is 1. The highest BCUT2D eigenvalue weighted by Crippen LogP contribution is 2.19. The van der Waals surface area contributed by atoms with Crippen molar-refractivity contribution in [1.82, 2.24) is 5.16 Å². The van der Waals surface area contributed by atoms with Gasteiger partial charge in [0.2, 0.25) is 5.91 Å². The molecule has 26 heavy (non-hydrogen) atoms. The minimum atomic E-state index is -0.0586. The molecule has 6 heteroatoms. The van der Waals surface area contributed by atoms with E-state index in [2.05, 4.69) is 26.4 Å². The van der Waals surface area contributed by atoms with E-state index in [-0.39, 0.29) is 5.91 Å². The third kappa shape index (κ3) is 4.73. The number of anilines is 1. The second-order valence-electron chi connectivity index (χ2n) is 5.97. The fourth-order valence-electron chi connectivity index (χ4n) is 2.49. The summed E-state index contributed by atoms with van der Waals surface area (Å²) in [4.78, 5) is 12.1. The minimum Gasteiger partial charge on any atom is -0.489 e. The molecule has 1 N–H and O–H groups in total. The molecule has 3 aromatic rings. The summed E-state index contributed by atoms with van der Waals surface area (Å²) in [5.41, 5.74) is 3.49. The van der Waals surface area contributed by atoms with Gasteiger partial charge in [-0.1, -0.05) is 33.2 Å². The van der Waals surface area contributed by atoms with Gasteiger partial charge in [0.1, 0.15) is 18.1 Å². The summed E-state index contributed by atoms with van der Waals surface area (Å²) in [5, 5.41) is 6.79. The van der Waals surface area contributed by atoms with Gasteiger partial charge in [-0.15, -0.1) is 0 Å². The molecule has 134 valence electrons. The lowest BCUT2D eigenvalue weighted by molar-refractivity contribution is -0.115. The Balaban J connectivity index is 1.54. The van der Waals surface area contributed by atoms with Crippen LogP contribution >= 0.6 is 15.9 Å². The molecule has 3 rings (SSSR count). The monoisotopic (exact) mass is 414 g/mol. The minimum absolute atomic E-state index is 0.0586. The first-order valence-electron chi connectivity index (χ1n) is 8.20. The van der Waals surface area contributed by atoms with Gasteiger partial charge in [0.15, 0.2) is 0 Å². The number of halogens is 1. The van der Waals surface area contributed by atoms with Gasteiger partial charge in [-0.25, -0.2) is 0 Å². The van der Waals surface area contributed by atoms with Crippen molar-refractivity contribution in [3.8, 4) is 5.75 Å². The van der Waals surface area contributed by atoms with Crippen molar-refractivity contribution in [2.45, 2.75) is 26.9 Å². The molecule has 1 amide bonds. The number of amides is 1. The van der Waals surface area contributed by atoms with Crippen LogP contribution in [0.5, 0.6) is 5.75 Å². The summed E-state index contributed by atoms with van der Waals surface area (Å²) in [5.74, 6) is 1.45. The quantitative estimate of drug-likeness (QED) is 0.628. The van der Waals surface area contributed by atoms with Crippen LogP contribution in [0.25, 0.3) is 0 Å². The Morgan fingerprint density at radius 2 is 1.81 bits per heavy atom. The smallest absolute Gasteiger partial charge is 0.228 e. The van der Waals surface area contributed by atoms with E-state index in [1.54, 1.807) is 0 Å². The summed E-state index contributed by atoms with van der Waals surface area (Å²) in [6.45, 7) is 4.17. The molecule has 0 fully saturated rings. The lowest BCUT2D eigenvalue weighted by atomic mass is 10.1. The number of rotatable bonds is 6. The van der Waals surface area contributed by atoms with E-state index in [1.807, 2.05) is 62.4 Å². The van der Waals surface area contributed by atoms with E-state index in [1.165, 1.54) is 0 Å². The Morgan fingerprint density at radius 1 is 1.12 bits per heavy atom. The predicted molar refractivity (Wildman–Crippen MR) is 103 cm³/mol. The fraction of sp³-hybridized carbons (Fsp3) is 0.200. The molecule has 0 atom stereocenters. The lowest BCUT2D eigenvalue weighted by Crippen LogP contribution is -2.14. The Labute approximate surface area is 160 Å². The number of nitrogens with zero attached hydrogens (tertiary/aromatic N) is 1. The number of ether oxygens (including phenoxy) is 1. The summed E-state index contributed by atoms with van der Waals surface area (Å²) in [7, 11) is 0. The molecule has 1 aromatic heterocycles. The van der Waals surface area contributed by atoms with Crippen molar-refractivity contribution in [2.75, 3.05) is 5.32 Å². The highest BCUT2D eigenvalue weighted by atomic mass is 79.9. The van der Waals surface area contributed by atoms with E-state index in [4.69, 9.17) is 9.26 Å². The van der Waals surface area contributed by atoms with Gasteiger partial charge in [0.25, 0.3) is 0 Å². The number of aromatic nitrogens is 1. The molecule has 1 heterocycles. The average Bonchev–Trinajstić information content (AvgIpc) is 2.94. The van der Waals surface area contributed by atoms with E-state index >= 15 is 0 Å². The second-order valence-corrected chi connectivity index (χ2v) is 6.88. The SMILES string of the molecule is Cc1noc(C)c1COc1ccc(CC(=O)Nc2ccc(Br)cc2)cc1. The summed E-state index contributed by atoms with van der Waals surface area (Å²) >= 11 is 3.37. The first-order valence-corrected chi connectivity index (χ1v) is 8.99. The second kappa shape index (κ2) is 8.19. The molecule has 0 bridgehead atoms. The van der Waals surface area contributed by atoms with Crippen LogP contribution in [0.3, 0.4) is 0 Å². The van der Waals surface area contributed by atoms with Crippen LogP contribution in [-0.4, -0.2) is 11.1 Å². The summed E-state index contributed by atoms with van der Waals surface area (Å²) in [6.07, 6.45) is 0.306. The van der Waals surface area contributed by atoms with Crippen LogP contribution in [0.15, 0.2) is 57.5 Å². The van der Waals surface area contributed by atoms with Gasteiger partial charge < -0.3 is 14.6 Å². The highest BCUT2D eigenvalue weighted by Gasteiger charge is 2.10. The topological polar surface area (TPSA) is 64.4 Å². The Hall–Kier alpha value is -2.60. The predicted octanol–water partition coefficient (Wildman–Crippen LogP) is 4.81. The van der Waals surface area contributed by atoms with Gasteiger partial charge in [0, 0.05) is 10.2 Å². The molecule has 2 aromatic carbocycles. The number of hydrogen-bond acceptors (Lipinski definition) is 4. The molecule has 0 aliphatic heterocycles. The number of benzene rings is 2. The van der Waals surface area contributed by atoms with Crippen molar-refractivity contribution < 1.29 is 14.1 Å². The molecular weight excluding hydrogens is 396 g/mol. The molecule has 0 saturated heterocycles. The number of aryl methyl sites for hydroxylation is 2. The molecule has 0 saturated carbocycles. The molecule has 0 aliphatic rings. The zero-order valence-corrected chi connectivity index (χ0v) is 16.2. The maximum Gasteiger partial charge on any atom is 0.228 e. The molecule has 0 radical (unpaired) electrons. The van der Waals surface area contributed by atoms with Crippen LogP contribution in [0.4, 0.5) is 5.69 Å². The van der Waals surface area contributed by atoms with Gasteiger partial charge in [0.05, 0.1) is 17.7 Å². The Kier molecular flexibility index (Phi) is 5.73. The largest absolute Gasteiger partial charge is 0.489 e. The van der Waals surface area contributed by atoms with Crippen molar-refractivity contribution in [2.24, 2.45) is 0 Å². The van der Waals surface area contributed by atoms with E-state index < -0.39 is 0 Å². The van der Waals surface area contributed by atoms with E-state index in [0.29, 0.717) is 13.0 Å². The first kappa shape index (κ1) is 18.2. The van der Waals surface area contributed by atoms with Gasteiger partial charge in [-0.3, -0.25) is 4.79 Å². The van der Waals surface area contributed by atoms with Crippen LogP contribution in [0.2, 0.25) is 0 Å². The van der Waals surface area contributed by atoms with Crippen LogP contribution in [0, 0.1) is 13.8 Å². The highest BCUT2D eigenvalue weighted by molar-refractivity contribution is 9.10.